The van der Waals surface area contributed by atoms with Crippen LogP contribution >= 0.6 is 0 Å². The lowest BCUT2D eigenvalue weighted by molar-refractivity contribution is -0.134. The number of likely N-dealkylation sites (N-methyl/N-ethyl adjacent to an activating group) is 1. The van der Waals surface area contributed by atoms with E-state index in [1.54, 1.807) is 35.1 Å². The second-order valence-electron chi connectivity index (χ2n) is 9.10. The van der Waals surface area contributed by atoms with Crippen LogP contribution in [0.15, 0.2) is 71.3 Å². The number of benzene rings is 2. The number of rotatable bonds is 6. The predicted molar refractivity (Wildman–Crippen MR) is 147 cm³/mol. The Bertz CT molecular complexity index is 1490. The van der Waals surface area contributed by atoms with Gasteiger partial charge >= 0.3 is 0 Å². The Labute approximate surface area is 228 Å². The zero-order valence-corrected chi connectivity index (χ0v) is 22.9. The van der Waals surface area contributed by atoms with Crippen molar-refractivity contribution in [2.45, 2.75) is 31.6 Å². The Hall–Kier alpha value is -4.27. The Kier molecular flexibility index (Phi) is 9.76. The van der Waals surface area contributed by atoms with Gasteiger partial charge in [0.15, 0.2) is 0 Å². The molecule has 2 heterocycles. The summed E-state index contributed by atoms with van der Waals surface area (Å²) in [6.45, 7) is 4.22. The predicted octanol–water partition coefficient (Wildman–Crippen LogP) is 3.70. The third-order valence-electron chi connectivity index (χ3n) is 6.14. The molecule has 1 fully saturated rings. The standard InChI is InChI=1S/C26H27N5O3S.C2H4O2/c1-19-11-13-30(14-12-19)35(33,34)24-10-6-7-20(16-24)25-22(15-21(17-27)26(32)28-2)18-31(29-25)23-8-4-3-5-9-23;1-2(3)4/h3-10,15-16,18-19H,11-14H2,1-2H3,(H,28,32);1H3,(H,3,4)/b21-15+;. The van der Waals surface area contributed by atoms with Crippen molar-refractivity contribution in [1.82, 2.24) is 19.4 Å². The van der Waals surface area contributed by atoms with E-state index in [1.807, 2.05) is 36.4 Å². The van der Waals surface area contributed by atoms with Crippen molar-refractivity contribution in [2.24, 2.45) is 5.92 Å². The van der Waals surface area contributed by atoms with Crippen molar-refractivity contribution in [2.75, 3.05) is 20.1 Å². The Morgan fingerprint density at radius 3 is 2.36 bits per heavy atom. The van der Waals surface area contributed by atoms with Crippen LogP contribution in [-0.2, 0) is 19.6 Å². The van der Waals surface area contributed by atoms with Gasteiger partial charge in [0.2, 0.25) is 10.0 Å². The number of nitriles is 1. The molecule has 39 heavy (non-hydrogen) atoms. The number of carboxylic acid groups (broad SMARTS) is 1. The lowest BCUT2D eigenvalue weighted by Gasteiger charge is -2.29. The highest BCUT2D eigenvalue weighted by molar-refractivity contribution is 7.89. The molecule has 0 spiro atoms. The van der Waals surface area contributed by atoms with Gasteiger partial charge < -0.3 is 10.4 Å². The van der Waals surface area contributed by atoms with E-state index in [0.717, 1.165) is 25.5 Å². The topological polar surface area (TPSA) is 145 Å². The van der Waals surface area contributed by atoms with Gasteiger partial charge in [-0.15, -0.1) is 0 Å². The number of hydrogen-bond acceptors (Lipinski definition) is 6. The average Bonchev–Trinajstić information content (AvgIpc) is 3.36. The summed E-state index contributed by atoms with van der Waals surface area (Å²) in [7, 11) is -2.20. The third-order valence-corrected chi connectivity index (χ3v) is 8.04. The summed E-state index contributed by atoms with van der Waals surface area (Å²) in [5.74, 6) is -0.833. The number of sulfonamides is 1. The molecule has 1 aliphatic rings. The number of hydrogen-bond donors (Lipinski definition) is 2. The molecule has 11 heteroatoms. The van der Waals surface area contributed by atoms with Gasteiger partial charge in [0, 0.05) is 44.4 Å². The van der Waals surface area contributed by atoms with Crippen LogP contribution in [-0.4, -0.2) is 59.6 Å². The lowest BCUT2D eigenvalue weighted by atomic mass is 10.0. The van der Waals surface area contributed by atoms with E-state index in [0.29, 0.717) is 35.8 Å². The number of aromatic nitrogens is 2. The third kappa shape index (κ3) is 7.40. The van der Waals surface area contributed by atoms with Crippen LogP contribution in [0.4, 0.5) is 0 Å². The summed E-state index contributed by atoms with van der Waals surface area (Å²) in [6, 6.07) is 18.0. The maximum atomic E-state index is 13.3. The van der Waals surface area contributed by atoms with Crippen molar-refractivity contribution >= 4 is 28.0 Å². The van der Waals surface area contributed by atoms with Gasteiger partial charge in [-0.3, -0.25) is 9.59 Å². The highest BCUT2D eigenvalue weighted by Crippen LogP contribution is 2.30. The molecule has 0 atom stereocenters. The molecule has 1 amide bonds. The van der Waals surface area contributed by atoms with Crippen LogP contribution in [0.2, 0.25) is 0 Å². The smallest absolute Gasteiger partial charge is 0.300 e. The van der Waals surface area contributed by atoms with Crippen LogP contribution in [0, 0.1) is 17.2 Å². The number of carbonyl (C=O) groups excluding carboxylic acids is 1. The number of nitrogens with one attached hydrogen (secondary N) is 1. The molecule has 204 valence electrons. The van der Waals surface area contributed by atoms with Gasteiger partial charge in [-0.1, -0.05) is 37.3 Å². The molecule has 3 aromatic rings. The fourth-order valence-corrected chi connectivity index (χ4v) is 5.56. The molecule has 1 aliphatic heterocycles. The molecule has 1 aromatic heterocycles. The molecule has 1 saturated heterocycles. The normalized spacial score (nSPS) is 14.6. The summed E-state index contributed by atoms with van der Waals surface area (Å²) < 4.78 is 29.9. The van der Waals surface area contributed by atoms with Crippen molar-refractivity contribution in [3.8, 4) is 23.0 Å². The first kappa shape index (κ1) is 29.3. The summed E-state index contributed by atoms with van der Waals surface area (Å²) in [5, 5.41) is 24.1. The van der Waals surface area contributed by atoms with Crippen molar-refractivity contribution in [3.05, 3.63) is 71.9 Å². The molecular formula is C28H31N5O5S. The number of para-hydroxylation sites is 1. The van der Waals surface area contributed by atoms with Crippen molar-refractivity contribution in [1.29, 1.82) is 5.26 Å². The summed E-state index contributed by atoms with van der Waals surface area (Å²) >= 11 is 0. The van der Waals surface area contributed by atoms with Gasteiger partial charge in [-0.05, 0) is 49.1 Å². The molecule has 0 saturated carbocycles. The summed E-state index contributed by atoms with van der Waals surface area (Å²) in [4.78, 5) is 21.3. The van der Waals surface area contributed by atoms with E-state index in [-0.39, 0.29) is 10.5 Å². The second kappa shape index (κ2) is 13.0. The fourth-order valence-electron chi connectivity index (χ4n) is 4.05. The fraction of sp³-hybridized carbons (Fsp3) is 0.286. The van der Waals surface area contributed by atoms with Crippen LogP contribution < -0.4 is 5.32 Å². The van der Waals surface area contributed by atoms with Gasteiger partial charge in [0.25, 0.3) is 11.9 Å². The van der Waals surface area contributed by atoms with E-state index in [2.05, 4.69) is 12.2 Å². The van der Waals surface area contributed by atoms with E-state index in [1.165, 1.54) is 17.4 Å². The largest absolute Gasteiger partial charge is 0.481 e. The number of carbonyl (C=O) groups is 2. The van der Waals surface area contributed by atoms with E-state index >= 15 is 0 Å². The molecule has 0 unspecified atom stereocenters. The summed E-state index contributed by atoms with van der Waals surface area (Å²) in [5.41, 5.74) is 2.28. The van der Waals surface area contributed by atoms with Gasteiger partial charge in [-0.25, -0.2) is 13.1 Å². The Morgan fingerprint density at radius 2 is 1.77 bits per heavy atom. The molecule has 0 aliphatic carbocycles. The molecule has 2 aromatic carbocycles. The first-order valence-electron chi connectivity index (χ1n) is 12.4. The van der Waals surface area contributed by atoms with Crippen LogP contribution in [0.5, 0.6) is 0 Å². The maximum Gasteiger partial charge on any atom is 0.300 e. The first-order valence-corrected chi connectivity index (χ1v) is 13.8. The van der Waals surface area contributed by atoms with Crippen molar-refractivity contribution in [3.63, 3.8) is 0 Å². The van der Waals surface area contributed by atoms with Crippen molar-refractivity contribution < 1.29 is 23.1 Å². The highest BCUT2D eigenvalue weighted by Gasteiger charge is 2.28. The minimum absolute atomic E-state index is 0.0763. The monoisotopic (exact) mass is 549 g/mol. The highest BCUT2D eigenvalue weighted by atomic mass is 32.2. The number of carboxylic acids is 1. The minimum atomic E-state index is -3.65. The van der Waals surface area contributed by atoms with E-state index in [4.69, 9.17) is 15.0 Å². The first-order chi connectivity index (χ1) is 18.6. The number of amides is 1. The number of nitrogens with zero attached hydrogens (tertiary/aromatic N) is 4. The molecular weight excluding hydrogens is 518 g/mol. The van der Waals surface area contributed by atoms with Gasteiger partial charge in [0.1, 0.15) is 17.3 Å². The average molecular weight is 550 g/mol. The molecule has 2 N–H and O–H groups in total. The zero-order chi connectivity index (χ0) is 28.6. The van der Waals surface area contributed by atoms with E-state index < -0.39 is 21.9 Å². The van der Waals surface area contributed by atoms with Crippen LogP contribution in [0.1, 0.15) is 32.3 Å². The van der Waals surface area contributed by atoms with E-state index in [9.17, 15) is 18.5 Å². The molecule has 10 nitrogen and oxygen atoms in total. The quantitative estimate of drug-likeness (QED) is 0.352. The SMILES string of the molecule is CC(=O)O.CNC(=O)/C(C#N)=C/c1cn(-c2ccccc2)nc1-c1cccc(S(=O)(=O)N2CCC(C)CC2)c1. The molecule has 4 rings (SSSR count). The lowest BCUT2D eigenvalue weighted by Crippen LogP contribution is -2.37. The van der Waals surface area contributed by atoms with Crippen LogP contribution in [0.25, 0.3) is 23.0 Å². The van der Waals surface area contributed by atoms with Gasteiger partial charge in [0.05, 0.1) is 10.6 Å². The molecule has 0 radical (unpaired) electrons. The molecule has 0 bridgehead atoms. The summed E-state index contributed by atoms with van der Waals surface area (Å²) in [6.07, 6.45) is 4.86. The Balaban J connectivity index is 0.000000983. The maximum absolute atomic E-state index is 13.3. The number of piperidine rings is 1. The Morgan fingerprint density at radius 1 is 1.13 bits per heavy atom. The zero-order valence-electron chi connectivity index (χ0n) is 22.0. The second-order valence-corrected chi connectivity index (χ2v) is 11.0. The van der Waals surface area contributed by atoms with Crippen LogP contribution in [0.3, 0.4) is 0 Å². The van der Waals surface area contributed by atoms with Gasteiger partial charge in [-0.2, -0.15) is 14.7 Å². The minimum Gasteiger partial charge on any atom is -0.481 e. The number of aliphatic carboxylic acids is 1.